The highest BCUT2D eigenvalue weighted by Gasteiger charge is 2.31. The number of aliphatic carboxylic acids is 1. The van der Waals surface area contributed by atoms with Gasteiger partial charge in [0, 0.05) is 42.8 Å². The monoisotopic (exact) mass is 423 g/mol. The third-order valence-electron chi connectivity index (χ3n) is 4.75. The second kappa shape index (κ2) is 6.53. The van der Waals surface area contributed by atoms with E-state index in [4.69, 9.17) is 11.6 Å². The van der Waals surface area contributed by atoms with E-state index in [-0.39, 0.29) is 6.54 Å². The second-order valence-corrected chi connectivity index (χ2v) is 7.81. The summed E-state index contributed by atoms with van der Waals surface area (Å²) in [7, 11) is 0. The molecule has 8 heteroatoms. The number of nitrogens with zero attached hydrogens (tertiary/aromatic N) is 1. The van der Waals surface area contributed by atoms with Crippen molar-refractivity contribution in [3.05, 3.63) is 58.1 Å². The maximum absolute atomic E-state index is 13.0. The summed E-state index contributed by atoms with van der Waals surface area (Å²) in [6.07, 6.45) is -4.40. The number of carboxylic acids is 1. The van der Waals surface area contributed by atoms with Gasteiger partial charge in [0.05, 0.1) is 5.56 Å². The minimum absolute atomic E-state index is 0.218. The summed E-state index contributed by atoms with van der Waals surface area (Å²) in [5.74, 6) is -0.980. The Labute approximate surface area is 166 Å². The molecule has 0 saturated heterocycles. The Morgan fingerprint density at radius 1 is 1.18 bits per heavy atom. The molecular weight excluding hydrogens is 411 g/mol. The predicted octanol–water partition coefficient (Wildman–Crippen LogP) is 6.59. The Bertz CT molecular complexity index is 1240. The van der Waals surface area contributed by atoms with Crippen LogP contribution in [-0.4, -0.2) is 15.6 Å². The van der Waals surface area contributed by atoms with Gasteiger partial charge in [0.15, 0.2) is 0 Å². The Kier molecular flexibility index (Phi) is 4.39. The maximum Gasteiger partial charge on any atom is 0.416 e. The van der Waals surface area contributed by atoms with Crippen molar-refractivity contribution in [3.8, 4) is 11.1 Å². The molecule has 2 aromatic heterocycles. The van der Waals surface area contributed by atoms with Crippen molar-refractivity contribution in [2.24, 2.45) is 0 Å². The van der Waals surface area contributed by atoms with Crippen molar-refractivity contribution >= 4 is 49.9 Å². The van der Waals surface area contributed by atoms with Gasteiger partial charge in [-0.3, -0.25) is 4.79 Å². The van der Waals surface area contributed by atoms with E-state index in [2.05, 4.69) is 0 Å². The Hall–Kier alpha value is -2.51. The van der Waals surface area contributed by atoms with Crippen LogP contribution in [0.5, 0.6) is 0 Å². The fraction of sp³-hybridized carbons (Fsp3) is 0.150. The Balaban J connectivity index is 2.00. The first-order chi connectivity index (χ1) is 13.2. The highest BCUT2D eigenvalue weighted by Crippen LogP contribution is 2.43. The van der Waals surface area contributed by atoms with Gasteiger partial charge in [-0.15, -0.1) is 11.3 Å². The van der Waals surface area contributed by atoms with Crippen LogP contribution >= 0.6 is 22.9 Å². The molecule has 0 spiro atoms. The molecule has 2 aromatic carbocycles. The number of fused-ring (bicyclic) bond motifs is 2. The van der Waals surface area contributed by atoms with Gasteiger partial charge in [-0.2, -0.15) is 13.2 Å². The van der Waals surface area contributed by atoms with Gasteiger partial charge >= 0.3 is 12.1 Å². The molecule has 0 unspecified atom stereocenters. The van der Waals surface area contributed by atoms with Gasteiger partial charge in [-0.25, -0.2) is 0 Å². The zero-order valence-electron chi connectivity index (χ0n) is 14.5. The lowest BCUT2D eigenvalue weighted by Gasteiger charge is -2.07. The molecule has 4 rings (SSSR count). The molecular formula is C20H13ClF3NO2S. The van der Waals surface area contributed by atoms with E-state index >= 15 is 0 Å². The lowest BCUT2D eigenvalue weighted by atomic mass is 10.0. The standard InChI is InChI=1S/C20H13ClF3NO2S/c1-10-19(14-7-12(21)3-5-16(14)25(10)8-18(26)27)15-9-28-17-6-11(20(22,23)24)2-4-13(15)17/h2-7,9H,8H2,1H3,(H,26,27). The van der Waals surface area contributed by atoms with Gasteiger partial charge in [0.25, 0.3) is 0 Å². The number of benzene rings is 2. The van der Waals surface area contributed by atoms with Crippen LogP contribution in [0.4, 0.5) is 13.2 Å². The Morgan fingerprint density at radius 3 is 2.61 bits per heavy atom. The van der Waals surface area contributed by atoms with E-state index in [0.717, 1.165) is 34.3 Å². The highest BCUT2D eigenvalue weighted by molar-refractivity contribution is 7.17. The fourth-order valence-corrected chi connectivity index (χ4v) is 4.69. The van der Waals surface area contributed by atoms with Gasteiger partial charge in [-0.1, -0.05) is 17.7 Å². The fourth-order valence-electron chi connectivity index (χ4n) is 3.53. The summed E-state index contributed by atoms with van der Waals surface area (Å²) < 4.78 is 41.3. The molecule has 0 aliphatic carbocycles. The van der Waals surface area contributed by atoms with Gasteiger partial charge in [-0.05, 0) is 42.6 Å². The van der Waals surface area contributed by atoms with Crippen molar-refractivity contribution in [2.75, 3.05) is 0 Å². The lowest BCUT2D eigenvalue weighted by molar-refractivity contribution is -0.138. The SMILES string of the molecule is Cc1c(-c2csc3cc(C(F)(F)F)ccc23)c2cc(Cl)ccc2n1CC(=O)O. The Morgan fingerprint density at radius 2 is 1.93 bits per heavy atom. The van der Waals surface area contributed by atoms with Crippen molar-refractivity contribution in [1.82, 2.24) is 4.57 Å². The normalized spacial score (nSPS) is 12.2. The van der Waals surface area contributed by atoms with Crippen LogP contribution in [0.15, 0.2) is 41.8 Å². The smallest absolute Gasteiger partial charge is 0.416 e. The lowest BCUT2D eigenvalue weighted by Crippen LogP contribution is -2.09. The van der Waals surface area contributed by atoms with Crippen LogP contribution in [0, 0.1) is 6.92 Å². The summed E-state index contributed by atoms with van der Waals surface area (Å²) in [6, 6.07) is 8.87. The highest BCUT2D eigenvalue weighted by atomic mass is 35.5. The molecule has 2 heterocycles. The molecule has 0 radical (unpaired) electrons. The minimum atomic E-state index is -4.40. The maximum atomic E-state index is 13.0. The molecule has 0 bridgehead atoms. The number of halogens is 4. The molecule has 1 N–H and O–H groups in total. The molecule has 0 amide bonds. The van der Waals surface area contributed by atoms with E-state index in [9.17, 15) is 23.1 Å². The van der Waals surface area contributed by atoms with Crippen LogP contribution in [-0.2, 0) is 17.5 Å². The van der Waals surface area contributed by atoms with Crippen molar-refractivity contribution in [2.45, 2.75) is 19.6 Å². The quantitative estimate of drug-likeness (QED) is 0.404. The van der Waals surface area contributed by atoms with Gasteiger partial charge in [0.2, 0.25) is 0 Å². The van der Waals surface area contributed by atoms with Crippen molar-refractivity contribution < 1.29 is 23.1 Å². The predicted molar refractivity (Wildman–Crippen MR) is 105 cm³/mol. The van der Waals surface area contributed by atoms with E-state index in [1.165, 1.54) is 17.4 Å². The first-order valence-electron chi connectivity index (χ1n) is 8.26. The zero-order chi connectivity index (χ0) is 20.2. The number of hydrogen-bond acceptors (Lipinski definition) is 2. The second-order valence-electron chi connectivity index (χ2n) is 6.46. The molecule has 0 saturated carbocycles. The topological polar surface area (TPSA) is 42.2 Å². The summed E-state index contributed by atoms with van der Waals surface area (Å²) in [6.45, 7) is 1.59. The van der Waals surface area contributed by atoms with Crippen LogP contribution in [0.2, 0.25) is 5.02 Å². The molecule has 4 aromatic rings. The number of carboxylic acid groups (broad SMARTS) is 1. The summed E-state index contributed by atoms with van der Waals surface area (Å²) in [4.78, 5) is 11.3. The minimum Gasteiger partial charge on any atom is -0.480 e. The number of hydrogen-bond donors (Lipinski definition) is 1. The van der Waals surface area contributed by atoms with Crippen LogP contribution in [0.1, 0.15) is 11.3 Å². The molecule has 144 valence electrons. The van der Waals surface area contributed by atoms with E-state index in [1.54, 1.807) is 35.1 Å². The third-order valence-corrected chi connectivity index (χ3v) is 5.93. The van der Waals surface area contributed by atoms with Crippen LogP contribution in [0.25, 0.3) is 32.1 Å². The molecule has 28 heavy (non-hydrogen) atoms. The largest absolute Gasteiger partial charge is 0.480 e. The first-order valence-corrected chi connectivity index (χ1v) is 9.51. The van der Waals surface area contributed by atoms with Crippen LogP contribution < -0.4 is 0 Å². The van der Waals surface area contributed by atoms with Crippen molar-refractivity contribution in [1.29, 1.82) is 0 Å². The van der Waals surface area contributed by atoms with Crippen LogP contribution in [0.3, 0.4) is 0 Å². The molecule has 0 aliphatic heterocycles. The number of rotatable bonds is 3. The zero-order valence-corrected chi connectivity index (χ0v) is 16.0. The van der Waals surface area contributed by atoms with E-state index < -0.39 is 17.7 Å². The average molecular weight is 424 g/mol. The third kappa shape index (κ3) is 3.04. The summed E-state index contributed by atoms with van der Waals surface area (Å²) in [5, 5.41) is 13.0. The molecule has 3 nitrogen and oxygen atoms in total. The summed E-state index contributed by atoms with van der Waals surface area (Å²) in [5.41, 5.74) is 2.29. The van der Waals surface area contributed by atoms with E-state index in [0.29, 0.717) is 20.6 Å². The molecule has 0 atom stereocenters. The average Bonchev–Trinajstić information content (AvgIpc) is 3.12. The van der Waals surface area contributed by atoms with Gasteiger partial charge < -0.3 is 9.67 Å². The molecule has 0 fully saturated rings. The number of alkyl halides is 3. The van der Waals surface area contributed by atoms with Crippen molar-refractivity contribution in [3.63, 3.8) is 0 Å². The number of aromatic nitrogens is 1. The van der Waals surface area contributed by atoms with E-state index in [1.807, 2.05) is 0 Å². The summed E-state index contributed by atoms with van der Waals surface area (Å²) >= 11 is 7.39. The number of carbonyl (C=O) groups is 1. The van der Waals surface area contributed by atoms with Gasteiger partial charge in [0.1, 0.15) is 6.54 Å². The number of thiophene rings is 1. The first kappa shape index (κ1) is 18.8. The molecule has 0 aliphatic rings.